The molecule has 2 N–H and O–H groups in total. The fourth-order valence-electron chi connectivity index (χ4n) is 4.77. The van der Waals surface area contributed by atoms with Crippen molar-refractivity contribution >= 4 is 17.3 Å². The van der Waals surface area contributed by atoms with E-state index in [1.807, 2.05) is 61.5 Å². The Kier molecular flexibility index (Phi) is 8.25. The summed E-state index contributed by atoms with van der Waals surface area (Å²) >= 11 is 5.95. The first-order valence-corrected chi connectivity index (χ1v) is 13.1. The van der Waals surface area contributed by atoms with Gasteiger partial charge in [-0.05, 0) is 56.8 Å². The second kappa shape index (κ2) is 11.8. The Morgan fingerprint density at radius 1 is 1.16 bits per heavy atom. The number of aliphatic hydroxyl groups excluding tert-OH is 2. The van der Waals surface area contributed by atoms with Gasteiger partial charge in [-0.3, -0.25) is 0 Å². The normalized spacial score (nSPS) is 25.3. The topological polar surface area (TPSA) is 114 Å². The first kappa shape index (κ1) is 26.6. The molecule has 3 aromatic rings. The van der Waals surface area contributed by atoms with Crippen molar-refractivity contribution in [3.63, 3.8) is 0 Å². The Balaban J connectivity index is 1.11. The van der Waals surface area contributed by atoms with E-state index in [0.717, 1.165) is 17.0 Å². The van der Waals surface area contributed by atoms with E-state index in [1.54, 1.807) is 16.8 Å². The third-order valence-corrected chi connectivity index (χ3v) is 7.10. The zero-order valence-corrected chi connectivity index (χ0v) is 22.1. The van der Waals surface area contributed by atoms with Crippen molar-refractivity contribution in [2.45, 2.75) is 63.4 Å². The Morgan fingerprint density at radius 2 is 1.97 bits per heavy atom. The molecule has 1 unspecified atom stereocenters. The maximum Gasteiger partial charge on any atom is 0.182 e. The minimum absolute atomic E-state index is 0.112. The molecule has 5 atom stereocenters. The largest absolute Gasteiger partial charge is 0.457 e. The van der Waals surface area contributed by atoms with E-state index in [2.05, 4.69) is 15.5 Å². The van der Waals surface area contributed by atoms with Gasteiger partial charge in [0.25, 0.3) is 0 Å². The third-order valence-electron chi connectivity index (χ3n) is 6.84. The Hall–Kier alpha value is -3.02. The van der Waals surface area contributed by atoms with Crippen molar-refractivity contribution in [1.29, 1.82) is 0 Å². The summed E-state index contributed by atoms with van der Waals surface area (Å²) in [5, 5.41) is 33.7. The lowest BCUT2D eigenvalue weighted by molar-refractivity contribution is -0.231. The number of aliphatic hydroxyl groups is 2. The average Bonchev–Trinajstić information content (AvgIpc) is 3.56. The van der Waals surface area contributed by atoms with Crippen molar-refractivity contribution in [3.8, 4) is 11.5 Å². The molecule has 38 heavy (non-hydrogen) atoms. The number of ether oxygens (including phenoxy) is 2. The second-order valence-corrected chi connectivity index (χ2v) is 10.3. The lowest BCUT2D eigenvalue weighted by Gasteiger charge is -2.40. The molecule has 0 bridgehead atoms. The van der Waals surface area contributed by atoms with Crippen LogP contribution in [0.2, 0.25) is 5.02 Å². The molecule has 1 fully saturated rings. The molecule has 2 aromatic carbocycles. The van der Waals surface area contributed by atoms with Crippen LogP contribution >= 0.6 is 11.6 Å². The summed E-state index contributed by atoms with van der Waals surface area (Å²) in [6.07, 6.45) is 1.51. The van der Waals surface area contributed by atoms with Crippen LogP contribution in [0, 0.1) is 0 Å². The standard InChI is InChI=1S/C27H32ClN5O5/c1-17-12-25(26(34)27(35)36-17)32(2)11-10-20-15-33(31-29-20)16-23-14-24(30-38-23)18-4-3-5-22(13-18)37-21-8-6-19(28)7-9-21/h3-9,13,15,17,23,25-27,34-35H,10-12,14,16H2,1-2H3/t17-,23?,25+,26-,27-/m1/s1. The number of rotatable bonds is 9. The van der Waals surface area contributed by atoms with Gasteiger partial charge >= 0.3 is 0 Å². The molecular weight excluding hydrogens is 510 g/mol. The number of oxime groups is 1. The van der Waals surface area contributed by atoms with Crippen LogP contribution in [-0.2, 0) is 22.5 Å². The van der Waals surface area contributed by atoms with Crippen LogP contribution in [0.3, 0.4) is 0 Å². The molecule has 0 spiro atoms. The Bertz CT molecular complexity index is 1250. The van der Waals surface area contributed by atoms with E-state index < -0.39 is 12.4 Å². The van der Waals surface area contributed by atoms with E-state index in [4.69, 9.17) is 25.9 Å². The van der Waals surface area contributed by atoms with E-state index in [9.17, 15) is 10.2 Å². The molecule has 3 heterocycles. The summed E-state index contributed by atoms with van der Waals surface area (Å²) in [6.45, 7) is 3.09. The molecule has 0 aliphatic carbocycles. The maximum absolute atomic E-state index is 10.3. The molecule has 202 valence electrons. The second-order valence-electron chi connectivity index (χ2n) is 9.85. The minimum Gasteiger partial charge on any atom is -0.457 e. The van der Waals surface area contributed by atoms with Crippen molar-refractivity contribution in [2.75, 3.05) is 13.6 Å². The molecule has 1 aromatic heterocycles. The molecular formula is C27H32ClN5O5. The van der Waals surface area contributed by atoms with Gasteiger partial charge in [0, 0.05) is 42.2 Å². The summed E-state index contributed by atoms with van der Waals surface area (Å²) < 4.78 is 13.0. The third kappa shape index (κ3) is 6.51. The van der Waals surface area contributed by atoms with Crippen LogP contribution in [0.5, 0.6) is 11.5 Å². The number of hydrogen-bond acceptors (Lipinski definition) is 9. The van der Waals surface area contributed by atoms with Crippen LogP contribution in [0.25, 0.3) is 0 Å². The zero-order chi connectivity index (χ0) is 26.6. The van der Waals surface area contributed by atoms with Crippen LogP contribution in [0.15, 0.2) is 59.9 Å². The summed E-state index contributed by atoms with van der Waals surface area (Å²) in [5.74, 6) is 1.41. The first-order chi connectivity index (χ1) is 18.3. The lowest BCUT2D eigenvalue weighted by atomic mass is 9.99. The van der Waals surface area contributed by atoms with Gasteiger partial charge in [0.2, 0.25) is 0 Å². The predicted octanol–water partition coefficient (Wildman–Crippen LogP) is 3.25. The minimum atomic E-state index is -1.16. The number of hydrogen-bond donors (Lipinski definition) is 2. The van der Waals surface area contributed by atoms with Crippen LogP contribution in [0.4, 0.5) is 0 Å². The number of nitrogens with zero attached hydrogens (tertiary/aromatic N) is 5. The summed E-state index contributed by atoms with van der Waals surface area (Å²) in [6, 6.07) is 14.8. The van der Waals surface area contributed by atoms with E-state index in [1.165, 1.54) is 0 Å². The quantitative estimate of drug-likeness (QED) is 0.424. The van der Waals surface area contributed by atoms with Crippen LogP contribution < -0.4 is 4.74 Å². The van der Waals surface area contributed by atoms with Gasteiger partial charge in [0.1, 0.15) is 17.6 Å². The van der Waals surface area contributed by atoms with Crippen molar-refractivity contribution in [3.05, 3.63) is 71.0 Å². The highest BCUT2D eigenvalue weighted by atomic mass is 35.5. The molecule has 2 aliphatic rings. The smallest absolute Gasteiger partial charge is 0.182 e. The molecule has 2 aliphatic heterocycles. The zero-order valence-electron chi connectivity index (χ0n) is 21.4. The van der Waals surface area contributed by atoms with E-state index >= 15 is 0 Å². The summed E-state index contributed by atoms with van der Waals surface area (Å²) in [5.41, 5.74) is 2.64. The van der Waals surface area contributed by atoms with Gasteiger partial charge < -0.3 is 29.4 Å². The molecule has 10 nitrogen and oxygen atoms in total. The van der Waals surface area contributed by atoms with Crippen LogP contribution in [-0.4, -0.2) is 80.1 Å². The molecule has 1 saturated heterocycles. The van der Waals surface area contributed by atoms with Gasteiger partial charge in [-0.25, -0.2) is 4.68 Å². The van der Waals surface area contributed by atoms with E-state index in [-0.39, 0.29) is 18.2 Å². The number of aromatic nitrogens is 3. The average molecular weight is 542 g/mol. The van der Waals surface area contributed by atoms with Crippen molar-refractivity contribution in [2.24, 2.45) is 5.16 Å². The Morgan fingerprint density at radius 3 is 2.79 bits per heavy atom. The number of likely N-dealkylation sites (N-methyl/N-ethyl adjacent to an activating group) is 1. The van der Waals surface area contributed by atoms with Gasteiger partial charge in [0.15, 0.2) is 12.4 Å². The maximum atomic E-state index is 10.3. The first-order valence-electron chi connectivity index (χ1n) is 12.7. The van der Waals surface area contributed by atoms with Gasteiger partial charge in [-0.2, -0.15) is 0 Å². The number of benzene rings is 2. The van der Waals surface area contributed by atoms with Gasteiger partial charge in [-0.15, -0.1) is 5.10 Å². The molecule has 0 saturated carbocycles. The monoisotopic (exact) mass is 541 g/mol. The van der Waals surface area contributed by atoms with E-state index in [0.29, 0.717) is 48.9 Å². The van der Waals surface area contributed by atoms with Crippen LogP contribution in [0.1, 0.15) is 31.0 Å². The SMILES string of the molecule is C[C@@H]1C[C@H](N(C)CCc2cn(CC3CC(c4cccc(Oc5ccc(Cl)cc5)c4)=NO3)nn2)[C@@H](O)[C@H](O)O1. The molecule has 5 rings (SSSR count). The predicted molar refractivity (Wildman–Crippen MR) is 141 cm³/mol. The Labute approximate surface area is 226 Å². The fourth-order valence-corrected chi connectivity index (χ4v) is 4.89. The highest BCUT2D eigenvalue weighted by Crippen LogP contribution is 2.26. The fraction of sp³-hybridized carbons (Fsp3) is 0.444. The molecule has 0 radical (unpaired) electrons. The number of halogens is 1. The highest BCUT2D eigenvalue weighted by Gasteiger charge is 2.37. The van der Waals surface area contributed by atoms with Crippen molar-refractivity contribution in [1.82, 2.24) is 19.9 Å². The summed E-state index contributed by atoms with van der Waals surface area (Å²) in [4.78, 5) is 7.72. The highest BCUT2D eigenvalue weighted by molar-refractivity contribution is 6.30. The lowest BCUT2D eigenvalue weighted by Crippen LogP contribution is -2.54. The van der Waals surface area contributed by atoms with Gasteiger partial charge in [0.05, 0.1) is 24.1 Å². The molecule has 0 amide bonds. The molecule has 11 heteroatoms. The van der Waals surface area contributed by atoms with Crippen molar-refractivity contribution < 1.29 is 24.5 Å². The summed E-state index contributed by atoms with van der Waals surface area (Å²) in [7, 11) is 1.93. The van der Waals surface area contributed by atoms with Gasteiger partial charge in [-0.1, -0.05) is 34.1 Å².